The molecule has 0 heterocycles. The average Bonchev–Trinajstić information content (AvgIpc) is 3.02. The molecule has 4 aromatic carbocycles. The Morgan fingerprint density at radius 3 is 1.30 bits per heavy atom. The molecule has 0 aromatic heterocycles. The summed E-state index contributed by atoms with van der Waals surface area (Å²) in [6, 6.07) is 22.5. The molecule has 10 nitrogen and oxygen atoms in total. The van der Waals surface area contributed by atoms with Gasteiger partial charge in [-0.2, -0.15) is 10.2 Å². The summed E-state index contributed by atoms with van der Waals surface area (Å²) < 4.78 is 0. The normalized spacial score (nSPS) is 11.4. The minimum Gasteiger partial charge on any atom is -0.322 e. The zero-order valence-electron chi connectivity index (χ0n) is 24.1. The first-order chi connectivity index (χ1) is 21.9. The van der Waals surface area contributed by atoms with Gasteiger partial charge < -0.3 is 10.6 Å². The van der Waals surface area contributed by atoms with E-state index in [4.69, 9.17) is 46.4 Å². The lowest BCUT2D eigenvalue weighted by atomic mass is 10.1. The number of benzene rings is 4. The molecule has 0 saturated heterocycles. The summed E-state index contributed by atoms with van der Waals surface area (Å²) in [5.74, 6) is -2.99. The Bertz CT molecular complexity index is 1770. The lowest BCUT2D eigenvalue weighted by molar-refractivity contribution is -0.139. The van der Waals surface area contributed by atoms with Crippen LogP contribution in [0.15, 0.2) is 95.1 Å². The zero-order chi connectivity index (χ0) is 33.4. The van der Waals surface area contributed by atoms with Gasteiger partial charge in [-0.25, -0.2) is 10.9 Å². The molecule has 0 aliphatic heterocycles. The van der Waals surface area contributed by atoms with Gasteiger partial charge in [-0.3, -0.25) is 19.2 Å². The van der Waals surface area contributed by atoms with Crippen molar-refractivity contribution in [1.82, 2.24) is 10.9 Å². The largest absolute Gasteiger partial charge is 0.331 e. The molecular formula is C32H24Cl4N6O4. The van der Waals surface area contributed by atoms with Crippen LogP contribution in [0.5, 0.6) is 0 Å². The molecule has 14 heteroatoms. The van der Waals surface area contributed by atoms with E-state index in [1.807, 2.05) is 0 Å². The molecule has 46 heavy (non-hydrogen) atoms. The molecule has 0 spiro atoms. The summed E-state index contributed by atoms with van der Waals surface area (Å²) in [5, 5.41) is 14.7. The topological polar surface area (TPSA) is 141 Å². The Labute approximate surface area is 283 Å². The van der Waals surface area contributed by atoms with Crippen LogP contribution in [0.2, 0.25) is 20.1 Å². The van der Waals surface area contributed by atoms with Gasteiger partial charge in [0.05, 0.1) is 32.6 Å². The maximum atomic E-state index is 12.6. The van der Waals surface area contributed by atoms with Crippen LogP contribution >= 0.6 is 46.4 Å². The first-order valence-electron chi connectivity index (χ1n) is 13.3. The molecule has 0 unspecified atom stereocenters. The maximum Gasteiger partial charge on any atom is 0.331 e. The van der Waals surface area contributed by atoms with Gasteiger partial charge in [-0.1, -0.05) is 70.7 Å². The molecular weight excluding hydrogens is 674 g/mol. The minimum absolute atomic E-state index is 0.206. The summed E-state index contributed by atoms with van der Waals surface area (Å²) in [4.78, 5) is 50.0. The van der Waals surface area contributed by atoms with E-state index in [1.165, 1.54) is 24.3 Å². The highest BCUT2D eigenvalue weighted by Crippen LogP contribution is 2.24. The summed E-state index contributed by atoms with van der Waals surface area (Å²) in [5.41, 5.74) is 7.62. The van der Waals surface area contributed by atoms with Crippen molar-refractivity contribution in [1.29, 1.82) is 0 Å². The average molecular weight is 698 g/mol. The molecule has 0 saturated carbocycles. The number of amides is 4. The number of hydrogen-bond acceptors (Lipinski definition) is 6. The number of hydrogen-bond donors (Lipinski definition) is 4. The van der Waals surface area contributed by atoms with E-state index in [0.717, 1.165) is 0 Å². The number of halogens is 4. The molecule has 0 aliphatic rings. The molecule has 4 aromatic rings. The molecule has 0 aliphatic carbocycles. The van der Waals surface area contributed by atoms with Gasteiger partial charge in [0.25, 0.3) is 11.8 Å². The van der Waals surface area contributed by atoms with Gasteiger partial charge in [0.15, 0.2) is 0 Å². The van der Waals surface area contributed by atoms with Crippen LogP contribution in [-0.4, -0.2) is 35.1 Å². The zero-order valence-corrected chi connectivity index (χ0v) is 27.1. The molecule has 0 atom stereocenters. The van der Waals surface area contributed by atoms with E-state index >= 15 is 0 Å². The Balaban J connectivity index is 1.34. The predicted octanol–water partition coefficient (Wildman–Crippen LogP) is 7.19. The highest BCUT2D eigenvalue weighted by molar-refractivity contribution is 6.38. The second kappa shape index (κ2) is 15.5. The number of anilines is 2. The lowest BCUT2D eigenvalue weighted by Crippen LogP contribution is -2.36. The third kappa shape index (κ3) is 9.15. The van der Waals surface area contributed by atoms with Crippen LogP contribution in [-0.2, 0) is 9.59 Å². The number of rotatable bonds is 8. The standard InChI is InChI=1S/C32H24Cl4N6O4/c1-17(19-5-3-7-23(13-19)37-29(43)25-11-9-21(33)15-27(25)35)39-41-31(45)32(46)42-40-18(2)20-6-4-8-24(14-20)38-30(44)26-12-10-22(34)16-28(26)36/h3-16H,1-2H3,(H,37,43)(H,38,44)(H,41,45)(H,42,46)/b39-17+,40-18+. The van der Waals surface area contributed by atoms with Crippen LogP contribution in [0, 0.1) is 0 Å². The molecule has 4 amide bonds. The van der Waals surface area contributed by atoms with Gasteiger partial charge >= 0.3 is 11.8 Å². The Morgan fingerprint density at radius 1 is 0.543 bits per heavy atom. The Kier molecular flexibility index (Phi) is 11.5. The third-order valence-corrected chi connectivity index (χ3v) is 7.38. The fourth-order valence-corrected chi connectivity index (χ4v) is 4.88. The van der Waals surface area contributed by atoms with Crippen molar-refractivity contribution in [2.75, 3.05) is 10.6 Å². The number of nitrogens with zero attached hydrogens (tertiary/aromatic N) is 2. The Hall–Kier alpha value is -4.74. The molecule has 234 valence electrons. The van der Waals surface area contributed by atoms with Gasteiger partial charge in [0.2, 0.25) is 0 Å². The molecule has 4 N–H and O–H groups in total. The van der Waals surface area contributed by atoms with E-state index in [2.05, 4.69) is 31.7 Å². The van der Waals surface area contributed by atoms with Crippen molar-refractivity contribution in [2.24, 2.45) is 10.2 Å². The third-order valence-electron chi connectivity index (χ3n) is 6.28. The van der Waals surface area contributed by atoms with Crippen molar-refractivity contribution >= 4 is 92.8 Å². The van der Waals surface area contributed by atoms with Crippen molar-refractivity contribution < 1.29 is 19.2 Å². The fourth-order valence-electron chi connectivity index (χ4n) is 3.89. The number of carbonyl (C=O) groups is 4. The van der Waals surface area contributed by atoms with Crippen LogP contribution in [0.1, 0.15) is 45.7 Å². The minimum atomic E-state index is -1.06. The first kappa shape index (κ1) is 34.1. The van der Waals surface area contributed by atoms with E-state index in [0.29, 0.717) is 44.0 Å². The monoisotopic (exact) mass is 696 g/mol. The van der Waals surface area contributed by atoms with Crippen molar-refractivity contribution in [3.63, 3.8) is 0 Å². The first-order valence-corrected chi connectivity index (χ1v) is 14.8. The lowest BCUT2D eigenvalue weighted by Gasteiger charge is -2.09. The second-order valence-electron chi connectivity index (χ2n) is 9.59. The van der Waals surface area contributed by atoms with Gasteiger partial charge in [-0.05, 0) is 85.6 Å². The number of hydrazone groups is 2. The highest BCUT2D eigenvalue weighted by Gasteiger charge is 2.15. The van der Waals surface area contributed by atoms with E-state index < -0.39 is 23.6 Å². The summed E-state index contributed by atoms with van der Waals surface area (Å²) in [6.07, 6.45) is 0. The van der Waals surface area contributed by atoms with Gasteiger partial charge in [0.1, 0.15) is 0 Å². The van der Waals surface area contributed by atoms with Crippen molar-refractivity contribution in [3.8, 4) is 0 Å². The molecule has 0 bridgehead atoms. The van der Waals surface area contributed by atoms with Crippen LogP contribution in [0.25, 0.3) is 0 Å². The van der Waals surface area contributed by atoms with Crippen LogP contribution in [0.4, 0.5) is 11.4 Å². The van der Waals surface area contributed by atoms with E-state index in [1.54, 1.807) is 74.5 Å². The van der Waals surface area contributed by atoms with Crippen LogP contribution < -0.4 is 21.5 Å². The molecule has 4 rings (SSSR count). The highest BCUT2D eigenvalue weighted by atomic mass is 35.5. The predicted molar refractivity (Wildman–Crippen MR) is 182 cm³/mol. The maximum absolute atomic E-state index is 12.6. The number of nitrogens with one attached hydrogen (secondary N) is 4. The summed E-state index contributed by atoms with van der Waals surface area (Å²) in [6.45, 7) is 3.23. The van der Waals surface area contributed by atoms with Gasteiger partial charge in [0, 0.05) is 21.4 Å². The Morgan fingerprint density at radius 2 is 0.935 bits per heavy atom. The van der Waals surface area contributed by atoms with Crippen LogP contribution in [0.3, 0.4) is 0 Å². The van der Waals surface area contributed by atoms with Gasteiger partial charge in [-0.15, -0.1) is 0 Å². The SMILES string of the molecule is C/C(=N\NC(=O)C(=O)N/N=C(\C)c1cccc(NC(=O)c2ccc(Cl)cc2Cl)c1)c1cccc(NC(=O)c2ccc(Cl)cc2Cl)c1. The van der Waals surface area contributed by atoms with E-state index in [-0.39, 0.29) is 21.2 Å². The van der Waals surface area contributed by atoms with Crippen molar-refractivity contribution in [2.45, 2.75) is 13.8 Å². The fraction of sp³-hybridized carbons (Fsp3) is 0.0625. The smallest absolute Gasteiger partial charge is 0.322 e. The van der Waals surface area contributed by atoms with Crippen molar-refractivity contribution in [3.05, 3.63) is 127 Å². The summed E-state index contributed by atoms with van der Waals surface area (Å²) >= 11 is 24.0. The molecule has 0 radical (unpaired) electrons. The summed E-state index contributed by atoms with van der Waals surface area (Å²) in [7, 11) is 0. The quantitative estimate of drug-likeness (QED) is 0.0879. The molecule has 0 fully saturated rings. The second-order valence-corrected chi connectivity index (χ2v) is 11.3. The number of carbonyl (C=O) groups excluding carboxylic acids is 4. The van der Waals surface area contributed by atoms with E-state index in [9.17, 15) is 19.2 Å².